The lowest BCUT2D eigenvalue weighted by molar-refractivity contribution is 0.694. The van der Waals surface area contributed by atoms with Gasteiger partial charge in [0.1, 0.15) is 11.3 Å². The van der Waals surface area contributed by atoms with Crippen LogP contribution in [0.5, 0.6) is 0 Å². The minimum Gasteiger partial charge on any atom is -0.352 e. The number of aromatic nitrogens is 2. The first-order chi connectivity index (χ1) is 14.5. The maximum atomic E-state index is 5.01. The van der Waals surface area contributed by atoms with Gasteiger partial charge in [-0.2, -0.15) is 5.10 Å². The Kier molecular flexibility index (Phi) is 5.63. The van der Waals surface area contributed by atoms with Gasteiger partial charge in [0.2, 0.25) is 0 Å². The molecule has 0 N–H and O–H groups in total. The number of nitrogens with zero attached hydrogens (tertiary/aromatic N) is 3. The van der Waals surface area contributed by atoms with Crippen molar-refractivity contribution in [3.8, 4) is 11.1 Å². The Morgan fingerprint density at radius 1 is 0.900 bits per heavy atom. The molecule has 3 nitrogen and oxygen atoms in total. The molecule has 154 valence electrons. The topological polar surface area (TPSA) is 21.1 Å². The highest BCUT2D eigenvalue weighted by molar-refractivity contribution is 6.01. The zero-order chi connectivity index (χ0) is 21.3. The second-order valence-corrected chi connectivity index (χ2v) is 8.33. The zero-order valence-corrected chi connectivity index (χ0v) is 18.7. The molecular formula is C27H31N3. The molecule has 0 saturated carbocycles. The van der Waals surface area contributed by atoms with Gasteiger partial charge in [-0.3, -0.25) is 4.68 Å². The molecule has 0 unspecified atom stereocenters. The Hall–Kier alpha value is -3.07. The van der Waals surface area contributed by atoms with Crippen molar-refractivity contribution in [1.29, 1.82) is 0 Å². The van der Waals surface area contributed by atoms with Crippen molar-refractivity contribution in [2.75, 3.05) is 11.4 Å². The highest BCUT2D eigenvalue weighted by Crippen LogP contribution is 2.37. The molecule has 3 heteroatoms. The molecule has 0 bridgehead atoms. The highest BCUT2D eigenvalue weighted by atomic mass is 15.4. The predicted octanol–water partition coefficient (Wildman–Crippen LogP) is 6.58. The molecule has 30 heavy (non-hydrogen) atoms. The predicted molar refractivity (Wildman–Crippen MR) is 128 cm³/mol. The Morgan fingerprint density at radius 3 is 2.27 bits per heavy atom. The monoisotopic (exact) mass is 397 g/mol. The highest BCUT2D eigenvalue weighted by Gasteiger charge is 2.20. The molecule has 0 saturated heterocycles. The van der Waals surface area contributed by atoms with Crippen molar-refractivity contribution in [3.05, 3.63) is 82.9 Å². The van der Waals surface area contributed by atoms with Gasteiger partial charge in [0.15, 0.2) is 0 Å². The summed E-state index contributed by atoms with van der Waals surface area (Å²) in [5.41, 5.74) is 8.85. The van der Waals surface area contributed by atoms with E-state index in [4.69, 9.17) is 5.10 Å². The molecule has 0 spiro atoms. The van der Waals surface area contributed by atoms with Crippen LogP contribution >= 0.6 is 0 Å². The van der Waals surface area contributed by atoms with Gasteiger partial charge >= 0.3 is 0 Å². The number of rotatable bonds is 6. The largest absolute Gasteiger partial charge is 0.352 e. The average molecular weight is 398 g/mol. The molecule has 1 aromatic heterocycles. The van der Waals surface area contributed by atoms with E-state index < -0.39 is 0 Å². The van der Waals surface area contributed by atoms with Crippen molar-refractivity contribution in [1.82, 2.24) is 9.78 Å². The number of benzene rings is 3. The molecule has 0 radical (unpaired) electrons. The van der Waals surface area contributed by atoms with E-state index in [1.54, 1.807) is 0 Å². The third kappa shape index (κ3) is 3.72. The maximum absolute atomic E-state index is 5.01. The first-order valence-electron chi connectivity index (χ1n) is 10.8. The number of anilines is 1. The summed E-state index contributed by atoms with van der Waals surface area (Å²) in [4.78, 5) is 2.46. The number of fused-ring (bicyclic) bond motifs is 1. The van der Waals surface area contributed by atoms with E-state index >= 15 is 0 Å². The Morgan fingerprint density at radius 2 is 1.60 bits per heavy atom. The minimum absolute atomic E-state index is 0.885. The van der Waals surface area contributed by atoms with E-state index in [2.05, 4.69) is 105 Å². The summed E-state index contributed by atoms with van der Waals surface area (Å²) in [5.74, 6) is 1.19. The summed E-state index contributed by atoms with van der Waals surface area (Å²) >= 11 is 0. The molecule has 3 aromatic carbocycles. The molecule has 0 aliphatic rings. The van der Waals surface area contributed by atoms with Crippen LogP contribution in [0.2, 0.25) is 0 Å². The fourth-order valence-corrected chi connectivity index (χ4v) is 4.72. The molecule has 0 fully saturated rings. The second kappa shape index (κ2) is 8.35. The molecule has 1 heterocycles. The minimum atomic E-state index is 0.885. The molecule has 0 atom stereocenters. The Balaban J connectivity index is 1.87. The van der Waals surface area contributed by atoms with Crippen molar-refractivity contribution in [3.63, 3.8) is 0 Å². The van der Waals surface area contributed by atoms with Gasteiger partial charge < -0.3 is 4.90 Å². The molecular weight excluding hydrogens is 366 g/mol. The molecule has 4 aromatic rings. The van der Waals surface area contributed by atoms with Crippen LogP contribution in [-0.4, -0.2) is 16.3 Å². The van der Waals surface area contributed by atoms with Crippen LogP contribution in [-0.2, 0) is 13.6 Å². The van der Waals surface area contributed by atoms with E-state index in [1.807, 2.05) is 0 Å². The van der Waals surface area contributed by atoms with Crippen molar-refractivity contribution in [2.45, 2.75) is 40.7 Å². The summed E-state index contributed by atoms with van der Waals surface area (Å²) in [7, 11) is 2.07. The fourth-order valence-electron chi connectivity index (χ4n) is 4.72. The summed E-state index contributed by atoms with van der Waals surface area (Å²) < 4.78 is 2.06. The maximum Gasteiger partial charge on any atom is 0.134 e. The lowest BCUT2D eigenvalue weighted by atomic mass is 9.92. The number of hydrogen-bond donors (Lipinski definition) is 0. The second-order valence-electron chi connectivity index (χ2n) is 8.33. The van der Waals surface area contributed by atoms with Crippen LogP contribution < -0.4 is 4.90 Å². The lowest BCUT2D eigenvalue weighted by Gasteiger charge is -2.24. The SMILES string of the molecule is CCCN(Cc1ccccc1)c1c2cccc(-c3c(C)cc(C)cc3C)c2nn1C. The number of aryl methyl sites for hydroxylation is 4. The van der Waals surface area contributed by atoms with Crippen molar-refractivity contribution >= 4 is 16.7 Å². The first-order valence-corrected chi connectivity index (χ1v) is 10.8. The summed E-state index contributed by atoms with van der Waals surface area (Å²) in [6.45, 7) is 10.7. The summed E-state index contributed by atoms with van der Waals surface area (Å²) in [5, 5.41) is 6.23. The Labute approximate surface area is 180 Å². The molecule has 0 aliphatic heterocycles. The average Bonchev–Trinajstić information content (AvgIpc) is 3.04. The van der Waals surface area contributed by atoms with Crippen LogP contribution in [0.4, 0.5) is 5.82 Å². The lowest BCUT2D eigenvalue weighted by Crippen LogP contribution is -2.25. The van der Waals surface area contributed by atoms with Gasteiger partial charge in [0.25, 0.3) is 0 Å². The fraction of sp³-hybridized carbons (Fsp3) is 0.296. The third-order valence-electron chi connectivity index (χ3n) is 5.79. The van der Waals surface area contributed by atoms with E-state index in [-0.39, 0.29) is 0 Å². The van der Waals surface area contributed by atoms with E-state index in [1.165, 1.54) is 44.6 Å². The van der Waals surface area contributed by atoms with E-state index in [0.29, 0.717) is 0 Å². The van der Waals surface area contributed by atoms with Gasteiger partial charge in [-0.1, -0.05) is 67.1 Å². The molecule has 0 aliphatic carbocycles. The van der Waals surface area contributed by atoms with Crippen molar-refractivity contribution in [2.24, 2.45) is 7.05 Å². The first kappa shape index (κ1) is 20.2. The van der Waals surface area contributed by atoms with Gasteiger partial charge in [-0.05, 0) is 55.5 Å². The van der Waals surface area contributed by atoms with Gasteiger partial charge in [-0.15, -0.1) is 0 Å². The van der Waals surface area contributed by atoms with E-state index in [0.717, 1.165) is 25.0 Å². The van der Waals surface area contributed by atoms with Gasteiger partial charge in [0.05, 0.1) is 0 Å². The summed E-state index contributed by atoms with van der Waals surface area (Å²) in [6.07, 6.45) is 1.09. The normalized spacial score (nSPS) is 11.2. The zero-order valence-electron chi connectivity index (χ0n) is 18.7. The number of hydrogen-bond acceptors (Lipinski definition) is 2. The van der Waals surface area contributed by atoms with Gasteiger partial charge in [0, 0.05) is 31.1 Å². The van der Waals surface area contributed by atoms with Crippen LogP contribution in [0.1, 0.15) is 35.6 Å². The standard InChI is InChI=1S/C27H31N3/c1-6-15-30(18-22-11-8-7-9-12-22)27-24-14-10-13-23(26(24)28-29(27)5)25-20(3)16-19(2)17-21(25)4/h7-14,16-17H,6,15,18H2,1-5H3. The Bertz CT molecular complexity index is 1150. The van der Waals surface area contributed by atoms with Crippen LogP contribution in [0.25, 0.3) is 22.0 Å². The third-order valence-corrected chi connectivity index (χ3v) is 5.79. The molecule has 4 rings (SSSR count). The van der Waals surface area contributed by atoms with Crippen molar-refractivity contribution < 1.29 is 0 Å². The van der Waals surface area contributed by atoms with Gasteiger partial charge in [-0.25, -0.2) is 0 Å². The molecule has 0 amide bonds. The smallest absolute Gasteiger partial charge is 0.134 e. The van der Waals surface area contributed by atoms with E-state index in [9.17, 15) is 0 Å². The quantitative estimate of drug-likeness (QED) is 0.366. The van der Waals surface area contributed by atoms with Crippen LogP contribution in [0.3, 0.4) is 0 Å². The van der Waals surface area contributed by atoms with Crippen LogP contribution in [0, 0.1) is 20.8 Å². The summed E-state index contributed by atoms with van der Waals surface area (Å²) in [6, 6.07) is 21.8. The van der Waals surface area contributed by atoms with Crippen LogP contribution in [0.15, 0.2) is 60.7 Å².